The Morgan fingerprint density at radius 1 is 1.46 bits per heavy atom. The van der Waals surface area contributed by atoms with Crippen molar-refractivity contribution < 1.29 is 0 Å². The Hall–Kier alpha value is -0.500. The zero-order valence-electron chi connectivity index (χ0n) is 7.76. The van der Waals surface area contributed by atoms with Gasteiger partial charge in [-0.1, -0.05) is 19.1 Å². The third-order valence-electron chi connectivity index (χ3n) is 2.91. The Morgan fingerprint density at radius 3 is 2.77 bits per heavy atom. The molecule has 0 aromatic heterocycles. The van der Waals surface area contributed by atoms with E-state index in [2.05, 4.69) is 35.0 Å². The zero-order valence-corrected chi connectivity index (χ0v) is 9.34. The number of nitrogen functional groups attached to an aromatic ring is 1. The van der Waals surface area contributed by atoms with E-state index in [4.69, 9.17) is 5.73 Å². The van der Waals surface area contributed by atoms with Gasteiger partial charge in [0.1, 0.15) is 0 Å². The fourth-order valence-electron chi connectivity index (χ4n) is 1.80. The third-order valence-corrected chi connectivity index (χ3v) is 3.60. The standard InChI is InChI=1S/C11H14BrN/c1-7(8-5-6-8)9-3-2-4-10(12)11(9)13/h2-4,7-8H,5-6,13H2,1H3. The molecule has 13 heavy (non-hydrogen) atoms. The summed E-state index contributed by atoms with van der Waals surface area (Å²) in [5.74, 6) is 1.49. The predicted octanol–water partition coefficient (Wildman–Crippen LogP) is 3.54. The minimum atomic E-state index is 0.623. The molecular formula is C11H14BrN. The lowest BCUT2D eigenvalue weighted by Crippen LogP contribution is -2.01. The minimum Gasteiger partial charge on any atom is -0.398 e. The summed E-state index contributed by atoms with van der Waals surface area (Å²) in [7, 11) is 0. The second kappa shape index (κ2) is 3.33. The Bertz CT molecular complexity index is 318. The number of rotatable bonds is 2. The number of hydrogen-bond donors (Lipinski definition) is 1. The molecule has 1 nitrogen and oxygen atoms in total. The summed E-state index contributed by atoms with van der Waals surface area (Å²) >= 11 is 3.46. The lowest BCUT2D eigenvalue weighted by molar-refractivity contribution is 0.666. The van der Waals surface area contributed by atoms with Gasteiger partial charge in [-0.25, -0.2) is 0 Å². The van der Waals surface area contributed by atoms with Crippen molar-refractivity contribution in [2.75, 3.05) is 5.73 Å². The van der Waals surface area contributed by atoms with Gasteiger partial charge in [0.05, 0.1) is 0 Å². The van der Waals surface area contributed by atoms with Crippen molar-refractivity contribution in [1.29, 1.82) is 0 Å². The molecule has 1 fully saturated rings. The maximum Gasteiger partial charge on any atom is 0.0493 e. The Labute approximate surface area is 87.5 Å². The molecule has 1 saturated carbocycles. The molecule has 2 N–H and O–H groups in total. The average Bonchev–Trinajstić information content (AvgIpc) is 2.91. The van der Waals surface area contributed by atoms with Gasteiger partial charge in [0.2, 0.25) is 0 Å². The highest BCUT2D eigenvalue weighted by Crippen LogP contribution is 2.44. The molecule has 1 aliphatic carbocycles. The van der Waals surface area contributed by atoms with Crippen molar-refractivity contribution in [3.05, 3.63) is 28.2 Å². The van der Waals surface area contributed by atoms with Crippen molar-refractivity contribution in [3.63, 3.8) is 0 Å². The van der Waals surface area contributed by atoms with Crippen molar-refractivity contribution in [2.45, 2.75) is 25.7 Å². The van der Waals surface area contributed by atoms with Crippen molar-refractivity contribution in [2.24, 2.45) is 5.92 Å². The predicted molar refractivity (Wildman–Crippen MR) is 59.7 cm³/mol. The van der Waals surface area contributed by atoms with Crippen molar-refractivity contribution in [1.82, 2.24) is 0 Å². The molecule has 1 aromatic carbocycles. The van der Waals surface area contributed by atoms with E-state index >= 15 is 0 Å². The molecule has 1 aliphatic rings. The first-order valence-electron chi connectivity index (χ1n) is 4.74. The lowest BCUT2D eigenvalue weighted by Gasteiger charge is -2.14. The van der Waals surface area contributed by atoms with Gasteiger partial charge in [0.25, 0.3) is 0 Å². The monoisotopic (exact) mass is 239 g/mol. The van der Waals surface area contributed by atoms with Crippen molar-refractivity contribution >= 4 is 21.6 Å². The van der Waals surface area contributed by atoms with Crippen LogP contribution in [0.4, 0.5) is 5.69 Å². The molecule has 1 aromatic rings. The summed E-state index contributed by atoms with van der Waals surface area (Å²) in [6.45, 7) is 2.27. The van der Waals surface area contributed by atoms with E-state index in [-0.39, 0.29) is 0 Å². The van der Waals surface area contributed by atoms with Crippen LogP contribution < -0.4 is 5.73 Å². The molecule has 2 heteroatoms. The molecule has 2 rings (SSSR count). The van der Waals surface area contributed by atoms with E-state index in [0.717, 1.165) is 16.1 Å². The van der Waals surface area contributed by atoms with Gasteiger partial charge in [-0.2, -0.15) is 0 Å². The highest BCUT2D eigenvalue weighted by Gasteiger charge is 2.29. The number of anilines is 1. The van der Waals surface area contributed by atoms with Gasteiger partial charge in [-0.15, -0.1) is 0 Å². The maximum absolute atomic E-state index is 6.00. The van der Waals surface area contributed by atoms with E-state index in [1.165, 1.54) is 18.4 Å². The molecule has 1 unspecified atom stereocenters. The van der Waals surface area contributed by atoms with E-state index in [0.29, 0.717) is 5.92 Å². The van der Waals surface area contributed by atoms with Gasteiger partial charge in [-0.05, 0) is 52.2 Å². The maximum atomic E-state index is 6.00. The quantitative estimate of drug-likeness (QED) is 0.786. The highest BCUT2D eigenvalue weighted by atomic mass is 79.9. The van der Waals surface area contributed by atoms with Gasteiger partial charge in [0, 0.05) is 10.2 Å². The molecule has 0 spiro atoms. The number of hydrogen-bond acceptors (Lipinski definition) is 1. The number of benzene rings is 1. The topological polar surface area (TPSA) is 26.0 Å². The van der Waals surface area contributed by atoms with Crippen LogP contribution in [-0.2, 0) is 0 Å². The summed E-state index contributed by atoms with van der Waals surface area (Å²) in [5.41, 5.74) is 8.22. The van der Waals surface area contributed by atoms with Gasteiger partial charge in [-0.3, -0.25) is 0 Å². The minimum absolute atomic E-state index is 0.623. The normalized spacial score (nSPS) is 18.6. The highest BCUT2D eigenvalue weighted by molar-refractivity contribution is 9.10. The van der Waals surface area contributed by atoms with Crippen LogP contribution in [0.1, 0.15) is 31.2 Å². The molecular weight excluding hydrogens is 226 g/mol. The fraction of sp³-hybridized carbons (Fsp3) is 0.455. The third kappa shape index (κ3) is 1.73. The van der Waals surface area contributed by atoms with E-state index in [1.807, 2.05) is 6.07 Å². The molecule has 1 atom stereocenters. The van der Waals surface area contributed by atoms with Crippen molar-refractivity contribution in [3.8, 4) is 0 Å². The van der Waals surface area contributed by atoms with Crippen LogP contribution >= 0.6 is 15.9 Å². The van der Waals surface area contributed by atoms with Crippen LogP contribution in [0.3, 0.4) is 0 Å². The number of para-hydroxylation sites is 1. The first-order valence-corrected chi connectivity index (χ1v) is 5.53. The Kier molecular flexibility index (Phi) is 2.33. The van der Waals surface area contributed by atoms with Gasteiger partial charge < -0.3 is 5.73 Å². The Balaban J connectivity index is 2.32. The second-order valence-electron chi connectivity index (χ2n) is 3.87. The van der Waals surface area contributed by atoms with Crippen LogP contribution in [0.5, 0.6) is 0 Å². The van der Waals surface area contributed by atoms with Gasteiger partial charge >= 0.3 is 0 Å². The van der Waals surface area contributed by atoms with Crippen LogP contribution in [0.2, 0.25) is 0 Å². The largest absolute Gasteiger partial charge is 0.398 e. The van der Waals surface area contributed by atoms with Crippen LogP contribution in [-0.4, -0.2) is 0 Å². The SMILES string of the molecule is CC(c1cccc(Br)c1N)C1CC1. The van der Waals surface area contributed by atoms with E-state index < -0.39 is 0 Å². The second-order valence-corrected chi connectivity index (χ2v) is 4.72. The first kappa shape index (κ1) is 9.07. The molecule has 0 radical (unpaired) electrons. The fourth-order valence-corrected chi connectivity index (χ4v) is 2.18. The number of halogens is 1. The summed E-state index contributed by atoms with van der Waals surface area (Å²) < 4.78 is 1.03. The molecule has 0 heterocycles. The molecule has 0 aliphatic heterocycles. The van der Waals surface area contributed by atoms with Crippen LogP contribution in [0.15, 0.2) is 22.7 Å². The molecule has 0 bridgehead atoms. The summed E-state index contributed by atoms with van der Waals surface area (Å²) in [6, 6.07) is 6.20. The Morgan fingerprint density at radius 2 is 2.15 bits per heavy atom. The van der Waals surface area contributed by atoms with E-state index in [9.17, 15) is 0 Å². The van der Waals surface area contributed by atoms with Gasteiger partial charge in [0.15, 0.2) is 0 Å². The molecule has 70 valence electrons. The first-order chi connectivity index (χ1) is 6.20. The summed E-state index contributed by atoms with van der Waals surface area (Å²) in [6.07, 6.45) is 2.74. The van der Waals surface area contributed by atoms with Crippen LogP contribution in [0, 0.1) is 5.92 Å². The number of nitrogens with two attached hydrogens (primary N) is 1. The molecule has 0 amide bonds. The smallest absolute Gasteiger partial charge is 0.0493 e. The average molecular weight is 240 g/mol. The lowest BCUT2D eigenvalue weighted by atomic mass is 9.95. The summed E-state index contributed by atoms with van der Waals surface area (Å²) in [5, 5.41) is 0. The van der Waals surface area contributed by atoms with Crippen LogP contribution in [0.25, 0.3) is 0 Å². The van der Waals surface area contributed by atoms with E-state index in [1.54, 1.807) is 0 Å². The zero-order chi connectivity index (χ0) is 9.42. The molecule has 0 saturated heterocycles. The summed E-state index contributed by atoms with van der Waals surface area (Å²) in [4.78, 5) is 0.